The van der Waals surface area contributed by atoms with E-state index in [0.717, 1.165) is 13.0 Å². The van der Waals surface area contributed by atoms with E-state index < -0.39 is 19.5 Å². The Morgan fingerprint density at radius 2 is 1.39 bits per heavy atom. The van der Waals surface area contributed by atoms with Crippen LogP contribution in [0.5, 0.6) is 0 Å². The summed E-state index contributed by atoms with van der Waals surface area (Å²) in [5, 5.41) is 2.61. The van der Waals surface area contributed by atoms with Gasteiger partial charge in [0.1, 0.15) is 0 Å². The summed E-state index contributed by atoms with van der Waals surface area (Å²) >= 11 is -0.896. The second-order valence-corrected chi connectivity index (χ2v) is 10.4. The molecule has 2 nitrogen and oxygen atoms in total. The van der Waals surface area contributed by atoms with Gasteiger partial charge < -0.3 is 24.8 Å². The third-order valence-electron chi connectivity index (χ3n) is 6.25. The molecule has 4 aromatic carbocycles. The van der Waals surface area contributed by atoms with Crippen molar-refractivity contribution >= 4 is 20.2 Å². The minimum Gasteiger partial charge on any atom is -1.00 e. The minimum atomic E-state index is -0.896. The van der Waals surface area contributed by atoms with Crippen molar-refractivity contribution in [2.45, 2.75) is 12.5 Å². The molecule has 0 heterocycles. The molecule has 0 radical (unpaired) electrons. The average Bonchev–Trinajstić information content (AvgIpc) is 3.32. The molecule has 5 rings (SSSR count). The molecular formula is C31H29Cl2NOTi. The molecule has 0 spiro atoms. The third kappa shape index (κ3) is 6.39. The van der Waals surface area contributed by atoms with Gasteiger partial charge in [0.25, 0.3) is 0 Å². The van der Waals surface area contributed by atoms with Gasteiger partial charge in [-0.05, 0) is 0 Å². The number of nitrogens with zero attached hydrogens (tertiary/aromatic N) is 1. The second kappa shape index (κ2) is 13.4. The minimum absolute atomic E-state index is 0. The number of rotatable bonds is 8. The first-order valence-electron chi connectivity index (χ1n) is 11.8. The fourth-order valence-electron chi connectivity index (χ4n) is 4.66. The molecule has 4 aromatic rings. The summed E-state index contributed by atoms with van der Waals surface area (Å²) in [5.41, 5.74) is 6.62. The second-order valence-electron chi connectivity index (χ2n) is 8.98. The molecule has 1 aliphatic rings. The maximum absolute atomic E-state index is 6.90. The molecule has 0 saturated heterocycles. The van der Waals surface area contributed by atoms with Crippen molar-refractivity contribution in [1.82, 2.24) is 4.90 Å². The summed E-state index contributed by atoms with van der Waals surface area (Å²) in [7, 11) is 4.28. The Balaban J connectivity index is 0.00000180. The van der Waals surface area contributed by atoms with Crippen LogP contribution in [0.1, 0.15) is 29.2 Å². The van der Waals surface area contributed by atoms with E-state index in [1.54, 1.807) is 0 Å². The van der Waals surface area contributed by atoms with Crippen LogP contribution in [0.3, 0.4) is 0 Å². The van der Waals surface area contributed by atoms with Crippen molar-refractivity contribution in [2.75, 3.05) is 20.6 Å². The summed E-state index contributed by atoms with van der Waals surface area (Å²) in [6.45, 7) is 0.954. The first-order chi connectivity index (χ1) is 16.7. The summed E-state index contributed by atoms with van der Waals surface area (Å²) in [6.07, 6.45) is 5.52. The average molecular weight is 550 g/mol. The smallest absolute Gasteiger partial charge is 1.00 e. The summed E-state index contributed by atoms with van der Waals surface area (Å²) in [4.78, 5) is 2.25. The predicted octanol–water partition coefficient (Wildman–Crippen LogP) is 0.552. The van der Waals surface area contributed by atoms with Crippen LogP contribution in [0.25, 0.3) is 16.3 Å². The van der Waals surface area contributed by atoms with E-state index in [9.17, 15) is 0 Å². The van der Waals surface area contributed by atoms with Gasteiger partial charge >= 0.3 is 213 Å². The molecule has 0 N–H and O–H groups in total. The molecule has 0 unspecified atom stereocenters. The van der Waals surface area contributed by atoms with Crippen LogP contribution in [0.15, 0.2) is 115 Å². The Kier molecular flexibility index (Phi) is 10.6. The first kappa shape index (κ1) is 28.4. The standard InChI is InChI=1S/C18H18N.C13H11O.2ClH.Ti/c1-19(2)13-17-8-5-9-18(17)16-11-10-14-6-3-4-7-15(14)12-16;14-13(11-7-3-1-4-8-11)12-9-5-2-6-10-12;;;/h3-8,10-11H,9,13H2,1-2H3;1-10,13H;2*1H;/q;-1;;;+3/p-2. The summed E-state index contributed by atoms with van der Waals surface area (Å²) in [6, 6.07) is 34.5. The SMILES string of the molecule is CN(C)CC1=C(c2ccc3ccccc3[c]2[Ti+2][O]C(c2ccccc2)c2ccccc2)CC=C1.[Cl-].[Cl-]. The number of hydrogen-bond donors (Lipinski definition) is 0. The van der Waals surface area contributed by atoms with Gasteiger partial charge in [-0.2, -0.15) is 0 Å². The monoisotopic (exact) mass is 549 g/mol. The van der Waals surface area contributed by atoms with Crippen LogP contribution >= 0.6 is 0 Å². The molecule has 0 aromatic heterocycles. The largest absolute Gasteiger partial charge is 1.00 e. The fraction of sp³-hybridized carbons (Fsp3) is 0.161. The van der Waals surface area contributed by atoms with Crippen LogP contribution in [0.2, 0.25) is 0 Å². The van der Waals surface area contributed by atoms with Gasteiger partial charge in [-0.25, -0.2) is 0 Å². The van der Waals surface area contributed by atoms with Crippen LogP contribution in [0.4, 0.5) is 0 Å². The van der Waals surface area contributed by atoms with Crippen LogP contribution in [0, 0.1) is 0 Å². The van der Waals surface area contributed by atoms with Gasteiger partial charge in [-0.15, -0.1) is 0 Å². The molecular weight excluding hydrogens is 521 g/mol. The molecule has 182 valence electrons. The Bertz CT molecular complexity index is 1300. The van der Waals surface area contributed by atoms with Gasteiger partial charge in [0, 0.05) is 0 Å². The molecule has 36 heavy (non-hydrogen) atoms. The predicted molar refractivity (Wildman–Crippen MR) is 139 cm³/mol. The Morgan fingerprint density at radius 3 is 2.03 bits per heavy atom. The summed E-state index contributed by atoms with van der Waals surface area (Å²) in [5.74, 6) is 0. The first-order valence-corrected chi connectivity index (χ1v) is 13.2. The molecule has 5 heteroatoms. The van der Waals surface area contributed by atoms with Crippen molar-refractivity contribution in [3.8, 4) is 0 Å². The van der Waals surface area contributed by atoms with Crippen molar-refractivity contribution in [2.24, 2.45) is 0 Å². The van der Waals surface area contributed by atoms with Crippen molar-refractivity contribution in [1.29, 1.82) is 0 Å². The van der Waals surface area contributed by atoms with Gasteiger partial charge in [-0.1, -0.05) is 0 Å². The quantitative estimate of drug-likeness (QED) is 0.298. The van der Waals surface area contributed by atoms with E-state index in [1.807, 2.05) is 0 Å². The Morgan fingerprint density at radius 1 is 0.778 bits per heavy atom. The zero-order valence-electron chi connectivity index (χ0n) is 20.5. The molecule has 0 atom stereocenters. The molecule has 0 fully saturated rings. The van der Waals surface area contributed by atoms with E-state index in [1.165, 1.54) is 42.5 Å². The molecule has 0 amide bonds. The van der Waals surface area contributed by atoms with Gasteiger partial charge in [0.05, 0.1) is 0 Å². The molecule has 0 bridgehead atoms. The van der Waals surface area contributed by atoms with Crippen molar-refractivity contribution in [3.63, 3.8) is 0 Å². The number of hydrogen-bond acceptors (Lipinski definition) is 2. The zero-order valence-corrected chi connectivity index (χ0v) is 23.6. The van der Waals surface area contributed by atoms with Crippen LogP contribution in [-0.2, 0) is 22.9 Å². The van der Waals surface area contributed by atoms with E-state index >= 15 is 0 Å². The van der Waals surface area contributed by atoms with Gasteiger partial charge in [0.15, 0.2) is 0 Å². The maximum Gasteiger partial charge on any atom is -1.00 e. The number of fused-ring (bicyclic) bond motifs is 1. The Hall–Kier alpha value is -2.17. The molecule has 0 aliphatic heterocycles. The number of allylic oxidation sites excluding steroid dienone is 2. The fourth-order valence-corrected chi connectivity index (χ4v) is 6.52. The van der Waals surface area contributed by atoms with Crippen molar-refractivity contribution in [3.05, 3.63) is 131 Å². The Labute approximate surface area is 236 Å². The van der Waals surface area contributed by atoms with E-state index in [0.29, 0.717) is 0 Å². The number of benzene rings is 4. The number of halogens is 2. The molecule has 0 saturated carbocycles. The summed E-state index contributed by atoms with van der Waals surface area (Å²) < 4.78 is 8.29. The van der Waals surface area contributed by atoms with Gasteiger partial charge in [0.2, 0.25) is 0 Å². The number of likely N-dealkylation sites (N-methyl/N-ethyl adjacent to an activating group) is 1. The molecule has 1 aliphatic carbocycles. The zero-order chi connectivity index (χ0) is 23.3. The van der Waals surface area contributed by atoms with Crippen LogP contribution < -0.4 is 28.7 Å². The van der Waals surface area contributed by atoms with Crippen molar-refractivity contribution < 1.29 is 47.7 Å². The maximum atomic E-state index is 6.90. The van der Waals surface area contributed by atoms with Crippen LogP contribution in [-0.4, -0.2) is 25.5 Å². The van der Waals surface area contributed by atoms with E-state index in [-0.39, 0.29) is 30.9 Å². The van der Waals surface area contributed by atoms with E-state index in [2.05, 4.69) is 128 Å². The third-order valence-corrected chi connectivity index (χ3v) is 7.96. The normalized spacial score (nSPS) is 12.6. The van der Waals surface area contributed by atoms with E-state index in [4.69, 9.17) is 3.32 Å². The van der Waals surface area contributed by atoms with Gasteiger partial charge in [-0.3, -0.25) is 0 Å². The topological polar surface area (TPSA) is 12.5 Å².